The van der Waals surface area contributed by atoms with Gasteiger partial charge in [0.1, 0.15) is 0 Å². The quantitative estimate of drug-likeness (QED) is 0.575. The lowest BCUT2D eigenvalue weighted by Crippen LogP contribution is -2.06. The van der Waals surface area contributed by atoms with Crippen LogP contribution in [0, 0.1) is 0 Å². The van der Waals surface area contributed by atoms with E-state index in [1.54, 1.807) is 0 Å². The highest BCUT2D eigenvalue weighted by molar-refractivity contribution is 5.85. The molecule has 0 aromatic carbocycles. The largest absolute Gasteiger partial charge is 0.412 e. The lowest BCUT2D eigenvalue weighted by molar-refractivity contribution is 0.711. The fraction of sp³-hybridized carbons (Fsp3) is 1.00. The predicted molar refractivity (Wildman–Crippen MR) is 39.7 cm³/mol. The third kappa shape index (κ3) is 16.4. The molecule has 0 fully saturated rings. The minimum absolute atomic E-state index is 0. The van der Waals surface area contributed by atoms with Gasteiger partial charge in [-0.15, -0.1) is 12.4 Å². The van der Waals surface area contributed by atoms with E-state index in [0.717, 1.165) is 6.54 Å². The maximum absolute atomic E-state index is 3.07. The highest BCUT2D eigenvalue weighted by Gasteiger charge is 1.73. The summed E-state index contributed by atoms with van der Waals surface area (Å²) >= 11 is 0. The summed E-state index contributed by atoms with van der Waals surface area (Å²) in [5.41, 5.74) is 0. The van der Waals surface area contributed by atoms with E-state index in [0.29, 0.717) is 0 Å². The number of nitrogens with one attached hydrogen (secondary N) is 1. The summed E-state index contributed by atoms with van der Waals surface area (Å²) in [6.07, 6.45) is 2.59. The fourth-order valence-corrected chi connectivity index (χ4v) is 0.354. The smallest absolute Gasteiger partial charge is 0.00520 e. The van der Waals surface area contributed by atoms with Crippen molar-refractivity contribution in [1.29, 1.82) is 0 Å². The second kappa shape index (κ2) is 15.7. The number of hydrogen-bond acceptors (Lipinski definition) is 1. The van der Waals surface area contributed by atoms with Gasteiger partial charge >= 0.3 is 0 Å². The molecule has 0 spiro atoms. The van der Waals surface area contributed by atoms with Gasteiger partial charge in [-0.25, -0.2) is 0 Å². The SMILES string of the molecule is CCCCNC.Cl.O. The van der Waals surface area contributed by atoms with Crippen molar-refractivity contribution in [2.24, 2.45) is 0 Å². The van der Waals surface area contributed by atoms with Gasteiger partial charge in [0, 0.05) is 0 Å². The Labute approximate surface area is 57.4 Å². The van der Waals surface area contributed by atoms with Gasteiger partial charge < -0.3 is 10.8 Å². The van der Waals surface area contributed by atoms with Crippen LogP contribution in [0.1, 0.15) is 19.8 Å². The molecular formula is C5H16ClNO. The number of unbranched alkanes of at least 4 members (excludes halogenated alkanes) is 1. The van der Waals surface area contributed by atoms with E-state index >= 15 is 0 Å². The van der Waals surface area contributed by atoms with E-state index < -0.39 is 0 Å². The Morgan fingerprint density at radius 1 is 1.38 bits per heavy atom. The zero-order valence-corrected chi connectivity index (χ0v) is 6.35. The minimum atomic E-state index is 0. The van der Waals surface area contributed by atoms with Crippen molar-refractivity contribution in [3.05, 3.63) is 0 Å². The molecule has 0 bridgehead atoms. The number of rotatable bonds is 3. The molecule has 8 heavy (non-hydrogen) atoms. The van der Waals surface area contributed by atoms with Crippen molar-refractivity contribution in [2.75, 3.05) is 13.6 Å². The van der Waals surface area contributed by atoms with E-state index in [9.17, 15) is 0 Å². The normalized spacial score (nSPS) is 6.75. The van der Waals surface area contributed by atoms with Gasteiger partial charge in [-0.05, 0) is 20.0 Å². The molecular weight excluding hydrogens is 126 g/mol. The molecule has 0 heterocycles. The van der Waals surface area contributed by atoms with Crippen molar-refractivity contribution in [2.45, 2.75) is 19.8 Å². The molecule has 54 valence electrons. The molecule has 0 saturated carbocycles. The van der Waals surface area contributed by atoms with Crippen LogP contribution in [0.4, 0.5) is 0 Å². The van der Waals surface area contributed by atoms with Crippen molar-refractivity contribution >= 4 is 12.4 Å². The van der Waals surface area contributed by atoms with Gasteiger partial charge in [-0.3, -0.25) is 0 Å². The van der Waals surface area contributed by atoms with Crippen molar-refractivity contribution in [3.8, 4) is 0 Å². The van der Waals surface area contributed by atoms with Gasteiger partial charge in [0.25, 0.3) is 0 Å². The second-order valence-electron chi connectivity index (χ2n) is 1.46. The van der Waals surface area contributed by atoms with E-state index in [1.165, 1.54) is 12.8 Å². The van der Waals surface area contributed by atoms with Gasteiger partial charge in [0.15, 0.2) is 0 Å². The summed E-state index contributed by atoms with van der Waals surface area (Å²) in [6, 6.07) is 0. The Morgan fingerprint density at radius 3 is 2.00 bits per heavy atom. The summed E-state index contributed by atoms with van der Waals surface area (Å²) in [5, 5.41) is 3.07. The molecule has 0 aromatic rings. The Kier molecular flexibility index (Phi) is 30.8. The van der Waals surface area contributed by atoms with Crippen molar-refractivity contribution in [1.82, 2.24) is 5.32 Å². The predicted octanol–water partition coefficient (Wildman–Crippen LogP) is 0.603. The Hall–Kier alpha value is 0.210. The summed E-state index contributed by atoms with van der Waals surface area (Å²) in [7, 11) is 1.98. The van der Waals surface area contributed by atoms with Crippen LogP contribution in [-0.2, 0) is 0 Å². The first-order valence-electron chi connectivity index (χ1n) is 2.56. The topological polar surface area (TPSA) is 43.5 Å². The molecule has 3 N–H and O–H groups in total. The maximum atomic E-state index is 3.07. The number of halogens is 1. The van der Waals surface area contributed by atoms with Crippen LogP contribution in [0.25, 0.3) is 0 Å². The first kappa shape index (κ1) is 15.7. The average Bonchev–Trinajstić information content (AvgIpc) is 1.61. The van der Waals surface area contributed by atoms with Crippen LogP contribution in [0.2, 0.25) is 0 Å². The first-order chi connectivity index (χ1) is 2.91. The third-order valence-electron chi connectivity index (χ3n) is 0.780. The first-order valence-corrected chi connectivity index (χ1v) is 2.56. The lowest BCUT2D eigenvalue weighted by atomic mass is 10.3. The van der Waals surface area contributed by atoms with Crippen molar-refractivity contribution < 1.29 is 5.48 Å². The average molecular weight is 142 g/mol. The molecule has 3 heteroatoms. The highest BCUT2D eigenvalue weighted by atomic mass is 35.5. The Bertz CT molecular complexity index is 24.4. The van der Waals surface area contributed by atoms with E-state index in [2.05, 4.69) is 12.2 Å². The fourth-order valence-electron chi connectivity index (χ4n) is 0.354. The monoisotopic (exact) mass is 141 g/mol. The molecule has 0 unspecified atom stereocenters. The van der Waals surface area contributed by atoms with Gasteiger partial charge in [-0.2, -0.15) is 0 Å². The van der Waals surface area contributed by atoms with Crippen LogP contribution in [-0.4, -0.2) is 19.1 Å². The van der Waals surface area contributed by atoms with Crippen molar-refractivity contribution in [3.63, 3.8) is 0 Å². The zero-order valence-electron chi connectivity index (χ0n) is 5.53. The maximum Gasteiger partial charge on any atom is -0.00520 e. The molecule has 0 amide bonds. The molecule has 0 aliphatic heterocycles. The van der Waals surface area contributed by atoms with E-state index in [4.69, 9.17) is 0 Å². The van der Waals surface area contributed by atoms with Crippen LogP contribution in [0.5, 0.6) is 0 Å². The molecule has 0 atom stereocenters. The molecule has 0 radical (unpaired) electrons. The number of hydrogen-bond donors (Lipinski definition) is 1. The third-order valence-corrected chi connectivity index (χ3v) is 0.780. The molecule has 0 rings (SSSR count). The molecule has 0 aliphatic rings. The lowest BCUT2D eigenvalue weighted by Gasteiger charge is -1.89. The molecule has 0 aromatic heterocycles. The second-order valence-corrected chi connectivity index (χ2v) is 1.46. The van der Waals surface area contributed by atoms with Gasteiger partial charge in [0.05, 0.1) is 0 Å². The van der Waals surface area contributed by atoms with Crippen LogP contribution in [0.15, 0.2) is 0 Å². The Morgan fingerprint density at radius 2 is 1.88 bits per heavy atom. The van der Waals surface area contributed by atoms with Crippen LogP contribution < -0.4 is 5.32 Å². The standard InChI is InChI=1S/C5H13N.ClH.H2O/c1-3-4-5-6-2;;/h6H,3-5H2,1-2H3;1H;1H2. The highest BCUT2D eigenvalue weighted by Crippen LogP contribution is 1.79. The molecule has 0 aliphatic carbocycles. The Balaban J connectivity index is -0.000000125. The van der Waals surface area contributed by atoms with E-state index in [1.807, 2.05) is 7.05 Å². The van der Waals surface area contributed by atoms with Gasteiger partial charge in [0.2, 0.25) is 0 Å². The van der Waals surface area contributed by atoms with Crippen LogP contribution in [0.3, 0.4) is 0 Å². The minimum Gasteiger partial charge on any atom is -0.412 e. The zero-order chi connectivity index (χ0) is 4.83. The summed E-state index contributed by atoms with van der Waals surface area (Å²) in [5.74, 6) is 0. The van der Waals surface area contributed by atoms with Gasteiger partial charge in [-0.1, -0.05) is 13.3 Å². The molecule has 0 saturated heterocycles. The van der Waals surface area contributed by atoms with Crippen LogP contribution >= 0.6 is 12.4 Å². The molecule has 2 nitrogen and oxygen atoms in total. The van der Waals surface area contributed by atoms with E-state index in [-0.39, 0.29) is 17.9 Å². The summed E-state index contributed by atoms with van der Waals surface area (Å²) < 4.78 is 0. The summed E-state index contributed by atoms with van der Waals surface area (Å²) in [6.45, 7) is 3.36. The summed E-state index contributed by atoms with van der Waals surface area (Å²) in [4.78, 5) is 0.